The third-order valence-electron chi connectivity index (χ3n) is 24.4. The van der Waals surface area contributed by atoms with Crippen molar-refractivity contribution >= 4 is 88.6 Å². The number of thioether (sulfide) groups is 2. The summed E-state index contributed by atoms with van der Waals surface area (Å²) in [7, 11) is 0. The number of Topliss-reactive ketones (excluding diaryl/α,β-unsaturated/α-hetero) is 2. The minimum atomic E-state index is -0.888. The first-order chi connectivity index (χ1) is 63.8. The van der Waals surface area contributed by atoms with Crippen molar-refractivity contribution in [1.82, 2.24) is 0 Å². The molecule has 12 aromatic carbocycles. The van der Waals surface area contributed by atoms with Crippen LogP contribution in [0.3, 0.4) is 0 Å². The number of ketones is 2. The van der Waals surface area contributed by atoms with Gasteiger partial charge in [-0.15, -0.1) is 23.5 Å². The minimum Gasteiger partial charge on any atom is -0.481 e. The van der Waals surface area contributed by atoms with Crippen LogP contribution in [0.1, 0.15) is 201 Å². The van der Waals surface area contributed by atoms with Crippen LogP contribution in [0.5, 0.6) is 0 Å². The summed E-state index contributed by atoms with van der Waals surface area (Å²) in [4.78, 5) is 80.5. The van der Waals surface area contributed by atoms with Crippen molar-refractivity contribution < 1.29 is 58.0 Å². The van der Waals surface area contributed by atoms with E-state index in [1.807, 2.05) is 98.0 Å². The van der Waals surface area contributed by atoms with Gasteiger partial charge in [0.05, 0.1) is 21.3 Å². The first-order valence-corrected chi connectivity index (χ1v) is 48.3. The average Bonchev–Trinajstić information content (AvgIpc) is 1.61. The molecule has 704 valence electrons. The molecule has 0 aromatic heterocycles. The topological polar surface area (TPSA) is 266 Å². The van der Waals surface area contributed by atoms with Gasteiger partial charge in [-0.2, -0.15) is 12.6 Å². The summed E-state index contributed by atoms with van der Waals surface area (Å²) in [6, 6.07) is 106. The summed E-state index contributed by atoms with van der Waals surface area (Å²) in [6.45, 7) is 17.7. The van der Waals surface area contributed by atoms with Crippen molar-refractivity contribution in [3.63, 3.8) is 0 Å². The van der Waals surface area contributed by atoms with Gasteiger partial charge in [0.2, 0.25) is 0 Å². The van der Waals surface area contributed by atoms with E-state index in [1.54, 1.807) is 13.8 Å². The molecule has 0 amide bonds. The Kier molecular flexibility index (Phi) is 43.6. The van der Waals surface area contributed by atoms with Crippen LogP contribution in [0.15, 0.2) is 303 Å². The van der Waals surface area contributed by atoms with E-state index in [0.29, 0.717) is 45.4 Å². The van der Waals surface area contributed by atoms with Gasteiger partial charge in [-0.25, -0.2) is 4.79 Å². The number of halogens is 1. The van der Waals surface area contributed by atoms with Gasteiger partial charge in [-0.05, 0) is 165 Å². The van der Waals surface area contributed by atoms with E-state index in [1.165, 1.54) is 122 Å². The van der Waals surface area contributed by atoms with E-state index in [4.69, 9.17) is 53.2 Å². The highest BCUT2D eigenvalue weighted by molar-refractivity contribution is 8.00. The predicted octanol–water partition coefficient (Wildman–Crippen LogP) is 25.6. The standard InChI is InChI=1S/C44H44O3S.C23H25NS.C20H20O4.C15H11ClO2.C7H15NOS.C4H9NO2.2CH4/c1-31-19-24-35(25-20-31)44(34-12-5-4-6-13-34,36-26-21-32(2)22-27-36)48-29-11-18-42(45)33(3)23-28-43(46)47-30-41-39-16-9-7-14-37(39)38-15-8-10-17-40(38)41;1-18-8-12-21(13-9-18)23(25-17-16-24,20-6-4-3-5-7-20)22-14-10-19(2)11-15-22;1-13(20(22)23)10-11-19(21)24-12-18-16-8-4-2-6-14(16)15-7-3-5-9-17(15)18;16-15(17)18-9-14-12-7-3-1-5-10(12)11-6-2-4-8-13(11)14;1-6(5-8)7(9)3-2-4-10;1-3(2-5)4(6)7;;/h4-10,12-17,19-22,24-27,33,41H,11,18,23,28-30H2,1-3H3;3-15H,16-17,24H2,1-2H3;2-9,13,18H,10-12H2,1H3,(H,22,23);1-8,14H,9H2;6,10H,2-5,8H2,1H3;3H,2,5H2,1H3,(H,6,7);2*1H4. The molecule has 3 aliphatic carbocycles. The Morgan fingerprint density at radius 2 is 0.604 bits per heavy atom. The molecule has 0 saturated carbocycles. The van der Waals surface area contributed by atoms with Crippen LogP contribution in [0.4, 0.5) is 4.79 Å². The van der Waals surface area contributed by atoms with Crippen molar-refractivity contribution in [2.45, 2.75) is 149 Å². The number of nitrogens with two attached hydrogens (primary N) is 3. The van der Waals surface area contributed by atoms with Crippen molar-refractivity contribution in [1.29, 1.82) is 0 Å². The molecule has 0 bridgehead atoms. The summed E-state index contributed by atoms with van der Waals surface area (Å²) in [5, 5.41) is 17.0. The fourth-order valence-corrected chi connectivity index (χ4v) is 19.6. The highest BCUT2D eigenvalue weighted by Crippen LogP contribution is 2.52. The zero-order valence-electron chi connectivity index (χ0n) is 76.8. The van der Waals surface area contributed by atoms with Gasteiger partial charge in [-0.3, -0.25) is 28.8 Å². The minimum absolute atomic E-state index is 0. The second-order valence-electron chi connectivity index (χ2n) is 33.8. The molecule has 4 unspecified atom stereocenters. The van der Waals surface area contributed by atoms with Gasteiger partial charge < -0.3 is 41.6 Å². The third-order valence-corrected chi connectivity index (χ3v) is 28.0. The Morgan fingerprint density at radius 3 is 0.881 bits per heavy atom. The van der Waals surface area contributed by atoms with Gasteiger partial charge in [0.1, 0.15) is 31.4 Å². The lowest BCUT2D eigenvalue weighted by molar-refractivity contribution is -0.146. The summed E-state index contributed by atoms with van der Waals surface area (Å²) in [6.07, 6.45) is 3.93. The molecule has 0 heterocycles. The number of esters is 2. The average molecular weight is 1880 g/mol. The van der Waals surface area contributed by atoms with Gasteiger partial charge in [0.15, 0.2) is 0 Å². The summed E-state index contributed by atoms with van der Waals surface area (Å²) in [5.41, 5.74) is 42.4. The number of ether oxygens (including phenoxy) is 3. The highest BCUT2D eigenvalue weighted by Gasteiger charge is 2.40. The largest absolute Gasteiger partial charge is 0.481 e. The van der Waals surface area contributed by atoms with Crippen molar-refractivity contribution in [2.75, 3.05) is 56.7 Å². The third kappa shape index (κ3) is 28.8. The first-order valence-electron chi connectivity index (χ1n) is 45.4. The lowest BCUT2D eigenvalue weighted by Gasteiger charge is -2.36. The highest BCUT2D eigenvalue weighted by atomic mass is 35.5. The van der Waals surface area contributed by atoms with Crippen LogP contribution in [-0.2, 0) is 52.5 Å². The molecule has 134 heavy (non-hydrogen) atoms. The van der Waals surface area contributed by atoms with E-state index >= 15 is 0 Å². The van der Waals surface area contributed by atoms with E-state index in [9.17, 15) is 33.6 Å². The molecule has 3 aliphatic rings. The monoisotopic (exact) mass is 1880 g/mol. The molecule has 4 atom stereocenters. The number of hydrogen-bond acceptors (Lipinski definition) is 16. The summed E-state index contributed by atoms with van der Waals surface area (Å²) in [5.74, 6) is -0.270. The molecule has 0 fully saturated rings. The van der Waals surface area contributed by atoms with Crippen molar-refractivity contribution in [2.24, 2.45) is 40.9 Å². The number of thiol groups is 1. The molecule has 0 saturated heterocycles. The molecular formula is C115H132ClN3O12S3. The van der Waals surface area contributed by atoms with Gasteiger partial charge >= 0.3 is 29.3 Å². The number of carbonyl (C=O) groups excluding carboxylic acids is 5. The van der Waals surface area contributed by atoms with Gasteiger partial charge in [0, 0.05) is 92.3 Å². The number of carbonyl (C=O) groups is 7. The Bertz CT molecular complexity index is 5520. The number of hydrogen-bond donors (Lipinski definition) is 6. The van der Waals surface area contributed by atoms with Crippen LogP contribution < -0.4 is 17.2 Å². The van der Waals surface area contributed by atoms with E-state index in [0.717, 1.165) is 30.1 Å². The Labute approximate surface area is 813 Å². The van der Waals surface area contributed by atoms with Crippen LogP contribution in [-0.4, -0.2) is 108 Å². The van der Waals surface area contributed by atoms with Crippen molar-refractivity contribution in [3.8, 4) is 33.4 Å². The van der Waals surface area contributed by atoms with Crippen LogP contribution >= 0.6 is 47.8 Å². The van der Waals surface area contributed by atoms with E-state index < -0.39 is 33.9 Å². The number of benzene rings is 12. The normalized spacial score (nSPS) is 12.7. The lowest BCUT2D eigenvalue weighted by Crippen LogP contribution is -2.27. The smallest absolute Gasteiger partial charge is 0.403 e. The van der Waals surface area contributed by atoms with Crippen molar-refractivity contribution in [3.05, 3.63) is 392 Å². The predicted molar refractivity (Wildman–Crippen MR) is 556 cm³/mol. The number of carboxylic acid groups (broad SMARTS) is 2. The molecule has 12 aromatic rings. The van der Waals surface area contributed by atoms with Gasteiger partial charge in [-0.1, -0.05) is 368 Å². The zero-order valence-corrected chi connectivity index (χ0v) is 80.1. The lowest BCUT2D eigenvalue weighted by atomic mass is 9.83. The maximum Gasteiger partial charge on any atom is 0.403 e. The molecule has 15 rings (SSSR count). The number of carboxylic acids is 2. The Hall–Kier alpha value is -11.5. The number of fused-ring (bicyclic) bond motifs is 9. The quantitative estimate of drug-likeness (QED) is 0.00538. The maximum absolute atomic E-state index is 13.2. The molecule has 0 spiro atoms. The Balaban J connectivity index is 0.000000218. The maximum atomic E-state index is 13.2. The van der Waals surface area contributed by atoms with Gasteiger partial charge in [0.25, 0.3) is 0 Å². The second-order valence-corrected chi connectivity index (χ2v) is 37.2. The SMILES string of the molecule is C.C.CC(CCC(=O)OCC1c2ccccc2-c2ccccc21)C(=O)O.CC(CN)C(=O)CCCS.CC(CN)C(=O)O.Cc1ccc(C(SCCCC(=O)C(C)CCC(=O)OCC2c3ccccc3-c3ccccc32)(c2ccccc2)c2ccc(C)cc2)cc1.Cc1ccc(C(SCCN)(c2ccccc2)c2ccc(C)cc2)cc1.O=C(Cl)OCC1c2ccccc2-c2ccccc21. The summed E-state index contributed by atoms with van der Waals surface area (Å²) >= 11 is 13.1. The zero-order chi connectivity index (χ0) is 94.7. The first kappa shape index (κ1) is 108. The molecule has 15 nitrogen and oxygen atoms in total. The molecule has 0 aliphatic heterocycles. The molecular weight excluding hydrogens is 1750 g/mol. The fourth-order valence-electron chi connectivity index (χ4n) is 16.6. The second kappa shape index (κ2) is 54.2. The number of rotatable bonds is 35. The number of aliphatic carboxylic acids is 2. The molecule has 8 N–H and O–H groups in total. The van der Waals surface area contributed by atoms with E-state index in [-0.39, 0.29) is 105 Å². The van der Waals surface area contributed by atoms with Crippen LogP contribution in [0.2, 0.25) is 0 Å². The van der Waals surface area contributed by atoms with Crippen LogP contribution in [0.25, 0.3) is 33.4 Å². The summed E-state index contributed by atoms with van der Waals surface area (Å²) < 4.78 is 15.5. The molecule has 19 heteroatoms. The fraction of sp³-hybridized carbons (Fsp3) is 0.313. The molecule has 0 radical (unpaired) electrons. The van der Waals surface area contributed by atoms with E-state index in [2.05, 4.69) is 283 Å². The number of aryl methyl sites for hydroxylation is 4. The Morgan fingerprint density at radius 1 is 0.343 bits per heavy atom. The van der Waals surface area contributed by atoms with Crippen LogP contribution in [0, 0.1) is 51.4 Å².